The molecule has 0 aromatic carbocycles. The standard InChI is InChI=1S/C16H36N.C4H12N.C2H4O2.H2O4S/c1-5-9-13-17(14-10-6-2,15-11-7-3)16-12-8-4;1-5(2,3)4;1-2(3)4;1-5(2,3)4/h5-16H2,1-4H3;1-4H3;1H3,(H,3,4);(H2,1,2,3,4)/q2*+1;;/p-2. The molecular formula is C22H52N2O6S. The van der Waals surface area contributed by atoms with Crippen LogP contribution in [0.5, 0.6) is 0 Å². The van der Waals surface area contributed by atoms with Gasteiger partial charge in [-0.25, -0.2) is 8.42 Å². The van der Waals surface area contributed by atoms with Crippen LogP contribution in [-0.2, 0) is 15.2 Å². The second-order valence-corrected chi connectivity index (χ2v) is 10.1. The van der Waals surface area contributed by atoms with Crippen LogP contribution in [0.3, 0.4) is 0 Å². The summed E-state index contributed by atoms with van der Waals surface area (Å²) in [5.41, 5.74) is 0. The molecule has 0 atom stereocenters. The normalized spacial score (nSPS) is 11.2. The van der Waals surface area contributed by atoms with Crippen LogP contribution in [0.15, 0.2) is 0 Å². The van der Waals surface area contributed by atoms with Crippen molar-refractivity contribution < 1.29 is 36.4 Å². The van der Waals surface area contributed by atoms with Gasteiger partial charge in [-0.2, -0.15) is 0 Å². The molecule has 0 aliphatic rings. The Labute approximate surface area is 193 Å². The summed E-state index contributed by atoms with van der Waals surface area (Å²) in [5, 5.41) is 8.89. The Morgan fingerprint density at radius 1 is 0.742 bits per heavy atom. The first-order chi connectivity index (χ1) is 14.0. The number of carboxylic acid groups (broad SMARTS) is 1. The van der Waals surface area contributed by atoms with Gasteiger partial charge in [-0.05, 0) is 32.6 Å². The van der Waals surface area contributed by atoms with Crippen LogP contribution in [0.1, 0.15) is 86.0 Å². The van der Waals surface area contributed by atoms with Gasteiger partial charge < -0.3 is 23.4 Å². The number of unbranched alkanes of at least 4 members (excludes halogenated alkanes) is 4. The fourth-order valence-electron chi connectivity index (χ4n) is 2.64. The Morgan fingerprint density at radius 2 is 0.871 bits per heavy atom. The molecule has 8 nitrogen and oxygen atoms in total. The van der Waals surface area contributed by atoms with Gasteiger partial charge in [0.1, 0.15) is 0 Å². The summed E-state index contributed by atoms with van der Waals surface area (Å²) in [5.74, 6) is -1.08. The summed E-state index contributed by atoms with van der Waals surface area (Å²) < 4.78 is 35.3. The monoisotopic (exact) mass is 472 g/mol. The van der Waals surface area contributed by atoms with Crippen LogP contribution in [-0.4, -0.2) is 86.8 Å². The maximum atomic E-state index is 8.89. The first-order valence-electron chi connectivity index (χ1n) is 11.5. The molecule has 0 saturated carbocycles. The average Bonchev–Trinajstić information content (AvgIpc) is 2.57. The van der Waals surface area contributed by atoms with Crippen molar-refractivity contribution in [3.05, 3.63) is 0 Å². The average molecular weight is 473 g/mol. The lowest BCUT2D eigenvalue weighted by atomic mass is 10.1. The number of quaternary nitrogens is 2. The zero-order chi connectivity index (χ0) is 25.6. The molecule has 0 aliphatic heterocycles. The van der Waals surface area contributed by atoms with E-state index in [4.69, 9.17) is 27.4 Å². The molecule has 0 rings (SSSR count). The molecule has 0 saturated heterocycles. The smallest absolute Gasteiger partial charge is 0.215 e. The van der Waals surface area contributed by atoms with E-state index in [-0.39, 0.29) is 0 Å². The van der Waals surface area contributed by atoms with E-state index in [0.717, 1.165) is 11.4 Å². The van der Waals surface area contributed by atoms with E-state index in [2.05, 4.69) is 55.9 Å². The molecule has 0 amide bonds. The van der Waals surface area contributed by atoms with Gasteiger partial charge in [0.05, 0.1) is 54.4 Å². The van der Waals surface area contributed by atoms with Crippen molar-refractivity contribution in [2.75, 3.05) is 54.4 Å². The summed E-state index contributed by atoms with van der Waals surface area (Å²) in [6.07, 6.45) is 11.1. The van der Waals surface area contributed by atoms with Crippen molar-refractivity contribution in [1.82, 2.24) is 0 Å². The zero-order valence-electron chi connectivity index (χ0n) is 21.8. The first-order valence-corrected chi connectivity index (χ1v) is 12.8. The quantitative estimate of drug-likeness (QED) is 0.265. The molecule has 0 aliphatic carbocycles. The van der Waals surface area contributed by atoms with Crippen LogP contribution in [0.25, 0.3) is 0 Å². The van der Waals surface area contributed by atoms with Gasteiger partial charge in [-0.15, -0.1) is 0 Å². The Balaban J connectivity index is -0.000000211. The molecule has 0 fully saturated rings. The molecule has 0 unspecified atom stereocenters. The third-order valence-corrected chi connectivity index (χ3v) is 3.94. The van der Waals surface area contributed by atoms with Gasteiger partial charge in [-0.1, -0.05) is 53.4 Å². The molecule has 0 radical (unpaired) electrons. The minimum absolute atomic E-state index is 0.972. The predicted octanol–water partition coefficient (Wildman–Crippen LogP) is 3.09. The van der Waals surface area contributed by atoms with Crippen LogP contribution in [0, 0.1) is 0 Å². The molecule has 31 heavy (non-hydrogen) atoms. The van der Waals surface area contributed by atoms with Crippen molar-refractivity contribution in [2.45, 2.75) is 86.0 Å². The molecule has 192 valence electrons. The molecule has 1 N–H and O–H groups in total. The lowest BCUT2D eigenvalue weighted by molar-refractivity contribution is -0.929. The maximum Gasteiger partial charge on any atom is 0.215 e. The van der Waals surface area contributed by atoms with Gasteiger partial charge >= 0.3 is 0 Å². The van der Waals surface area contributed by atoms with Crippen LogP contribution in [0.2, 0.25) is 0 Å². The first kappa shape index (κ1) is 37.6. The summed E-state index contributed by atoms with van der Waals surface area (Å²) in [4.78, 5) is 8.89. The van der Waals surface area contributed by atoms with Crippen molar-refractivity contribution >= 4 is 16.4 Å². The van der Waals surface area contributed by atoms with Crippen molar-refractivity contribution in [1.29, 1.82) is 0 Å². The molecular weight excluding hydrogens is 420 g/mol. The zero-order valence-corrected chi connectivity index (χ0v) is 22.6. The molecule has 0 aromatic rings. The molecule has 9 heteroatoms. The third-order valence-electron chi connectivity index (χ3n) is 3.94. The van der Waals surface area contributed by atoms with Crippen LogP contribution < -0.4 is 5.11 Å². The highest BCUT2D eigenvalue weighted by Gasteiger charge is 2.24. The van der Waals surface area contributed by atoms with Gasteiger partial charge in [0.2, 0.25) is 10.4 Å². The highest BCUT2D eigenvalue weighted by atomic mass is 32.3. The summed E-state index contributed by atoms with van der Waals surface area (Å²) in [6.45, 7) is 16.0. The highest BCUT2D eigenvalue weighted by Crippen LogP contribution is 2.16. The number of hydrogen-bond donors (Lipinski definition) is 1. The Hall–Kier alpha value is -0.740. The summed E-state index contributed by atoms with van der Waals surface area (Å²) in [7, 11) is 3.58. The molecule has 0 aromatic heterocycles. The van der Waals surface area contributed by atoms with Crippen molar-refractivity contribution in [3.8, 4) is 0 Å². The van der Waals surface area contributed by atoms with Gasteiger partial charge in [-0.3, -0.25) is 4.55 Å². The minimum atomic E-state index is -4.92. The van der Waals surface area contributed by atoms with Gasteiger partial charge in [0, 0.05) is 5.97 Å². The highest BCUT2D eigenvalue weighted by molar-refractivity contribution is 7.79. The Kier molecular flexibility index (Phi) is 27.2. The lowest BCUT2D eigenvalue weighted by Crippen LogP contribution is -2.50. The van der Waals surface area contributed by atoms with Crippen molar-refractivity contribution in [2.24, 2.45) is 0 Å². The van der Waals surface area contributed by atoms with E-state index < -0.39 is 16.4 Å². The summed E-state index contributed by atoms with van der Waals surface area (Å²) in [6, 6.07) is 0. The number of carboxylic acids is 1. The number of nitrogens with zero attached hydrogens (tertiary/aromatic N) is 2. The van der Waals surface area contributed by atoms with Gasteiger partial charge in [0.25, 0.3) is 0 Å². The Morgan fingerprint density at radius 3 is 0.968 bits per heavy atom. The number of carbonyl (C=O) groups is 1. The number of carbonyl (C=O) groups excluding carboxylic acids is 1. The van der Waals surface area contributed by atoms with E-state index in [0.29, 0.717) is 0 Å². The SMILES string of the molecule is CC(=O)[O-].CCCC[N+](CCCC)(CCCC)CCCC.C[N+](C)(C)C.O=S(=O)([O-])O. The van der Waals surface area contributed by atoms with Crippen molar-refractivity contribution in [3.63, 3.8) is 0 Å². The minimum Gasteiger partial charge on any atom is -0.726 e. The molecule has 0 spiro atoms. The fourth-order valence-corrected chi connectivity index (χ4v) is 2.64. The topological polar surface area (TPSA) is 118 Å². The summed E-state index contributed by atoms with van der Waals surface area (Å²) >= 11 is 0. The van der Waals surface area contributed by atoms with Crippen LogP contribution >= 0.6 is 0 Å². The molecule has 0 heterocycles. The van der Waals surface area contributed by atoms with Gasteiger partial charge in [0.15, 0.2) is 0 Å². The number of aliphatic carboxylic acids is 1. The number of hydrogen-bond acceptors (Lipinski definition) is 5. The second kappa shape index (κ2) is 22.5. The van der Waals surface area contributed by atoms with Crippen LogP contribution in [0.4, 0.5) is 0 Å². The Bertz CT molecular complexity index is 435. The van der Waals surface area contributed by atoms with E-state index in [1.807, 2.05) is 0 Å². The fraction of sp³-hybridized carbons (Fsp3) is 0.955. The molecule has 0 bridgehead atoms. The second-order valence-electron chi connectivity index (χ2n) is 9.25. The van der Waals surface area contributed by atoms with E-state index in [1.54, 1.807) is 0 Å². The number of rotatable bonds is 12. The lowest BCUT2D eigenvalue weighted by Gasteiger charge is -2.39. The van der Waals surface area contributed by atoms with E-state index >= 15 is 0 Å². The largest absolute Gasteiger partial charge is 0.726 e. The predicted molar refractivity (Wildman–Crippen MR) is 126 cm³/mol. The van der Waals surface area contributed by atoms with E-state index in [1.165, 1.54) is 82.0 Å². The van der Waals surface area contributed by atoms with E-state index in [9.17, 15) is 0 Å². The third kappa shape index (κ3) is 58.6. The maximum absolute atomic E-state index is 8.89.